The molecule has 0 amide bonds. The normalized spacial score (nSPS) is 11.0. The molecule has 0 atom stereocenters. The monoisotopic (exact) mass is 420 g/mol. The minimum Gasteiger partial charge on any atom is -0.488 e. The lowest BCUT2D eigenvalue weighted by molar-refractivity contribution is 0.306. The van der Waals surface area contributed by atoms with Crippen molar-refractivity contribution in [2.24, 2.45) is 0 Å². The summed E-state index contributed by atoms with van der Waals surface area (Å²) in [7, 11) is 0. The Bertz CT molecular complexity index is 1360. The van der Waals surface area contributed by atoms with Gasteiger partial charge in [-0.05, 0) is 58.3 Å². The number of nitriles is 2. The van der Waals surface area contributed by atoms with E-state index in [1.807, 2.05) is 72.8 Å². The largest absolute Gasteiger partial charge is 0.488 e. The number of nitrogens with zero attached hydrogens (tertiary/aromatic N) is 2. The molecule has 0 heterocycles. The van der Waals surface area contributed by atoms with E-state index >= 15 is 0 Å². The van der Waals surface area contributed by atoms with Crippen molar-refractivity contribution in [1.29, 1.82) is 10.5 Å². The molecule has 0 aliphatic rings. The minimum atomic E-state index is 0.377. The van der Waals surface area contributed by atoms with Gasteiger partial charge in [-0.2, -0.15) is 10.5 Å². The van der Waals surface area contributed by atoms with Crippen LogP contribution in [0.1, 0.15) is 22.3 Å². The molecule has 4 aromatic carbocycles. The molecule has 4 aromatic rings. The molecule has 0 spiro atoms. The molecular weight excluding hydrogens is 404 g/mol. The summed E-state index contributed by atoms with van der Waals surface area (Å²) in [5.74, 6) is 0.679. The summed E-state index contributed by atoms with van der Waals surface area (Å²) in [6, 6.07) is 30.9. The van der Waals surface area contributed by atoms with Gasteiger partial charge in [0.15, 0.2) is 0 Å². The van der Waals surface area contributed by atoms with Crippen molar-refractivity contribution in [3.05, 3.63) is 112 Å². The summed E-state index contributed by atoms with van der Waals surface area (Å²) in [5.41, 5.74) is 3.49. The van der Waals surface area contributed by atoms with Gasteiger partial charge in [0.05, 0.1) is 23.3 Å². The van der Waals surface area contributed by atoms with Crippen LogP contribution >= 0.6 is 11.6 Å². The van der Waals surface area contributed by atoms with Gasteiger partial charge in [-0.25, -0.2) is 0 Å². The van der Waals surface area contributed by atoms with Crippen molar-refractivity contribution in [1.82, 2.24) is 0 Å². The fourth-order valence-corrected chi connectivity index (χ4v) is 3.50. The number of fused-ring (bicyclic) bond motifs is 1. The van der Waals surface area contributed by atoms with Gasteiger partial charge in [0.25, 0.3) is 0 Å². The van der Waals surface area contributed by atoms with Crippen molar-refractivity contribution in [3.63, 3.8) is 0 Å². The van der Waals surface area contributed by atoms with E-state index in [2.05, 4.69) is 12.1 Å². The van der Waals surface area contributed by atoms with Crippen molar-refractivity contribution in [2.45, 2.75) is 6.61 Å². The highest BCUT2D eigenvalue weighted by Crippen LogP contribution is 2.32. The van der Waals surface area contributed by atoms with Gasteiger partial charge < -0.3 is 4.74 Å². The summed E-state index contributed by atoms with van der Waals surface area (Å²) >= 11 is 5.97. The van der Waals surface area contributed by atoms with Crippen LogP contribution in [0, 0.1) is 22.7 Å². The van der Waals surface area contributed by atoms with Crippen LogP contribution in [-0.4, -0.2) is 0 Å². The third kappa shape index (κ3) is 4.59. The Kier molecular flexibility index (Phi) is 5.99. The molecule has 0 bridgehead atoms. The van der Waals surface area contributed by atoms with Crippen molar-refractivity contribution in [3.8, 4) is 17.9 Å². The highest BCUT2D eigenvalue weighted by atomic mass is 35.5. The predicted octanol–water partition coefficient (Wildman–Crippen LogP) is 7.01. The minimum absolute atomic E-state index is 0.377. The fourth-order valence-electron chi connectivity index (χ4n) is 3.37. The first kappa shape index (κ1) is 20.2. The first-order valence-corrected chi connectivity index (χ1v) is 10.1. The van der Waals surface area contributed by atoms with Gasteiger partial charge in [0.1, 0.15) is 12.4 Å². The Labute approximate surface area is 186 Å². The van der Waals surface area contributed by atoms with Gasteiger partial charge >= 0.3 is 0 Å². The van der Waals surface area contributed by atoms with Gasteiger partial charge in [0.2, 0.25) is 0 Å². The SMILES string of the molecule is N#CC(=Cc1c(OCc2ccc(Cl)cc2)ccc2ccccc12)c1cccc(C#N)c1. The zero-order valence-electron chi connectivity index (χ0n) is 16.5. The zero-order chi connectivity index (χ0) is 21.6. The second-order valence-electron chi connectivity index (χ2n) is 6.98. The summed E-state index contributed by atoms with van der Waals surface area (Å²) in [6.07, 6.45) is 1.83. The maximum absolute atomic E-state index is 9.85. The van der Waals surface area contributed by atoms with Gasteiger partial charge in [0, 0.05) is 10.6 Å². The predicted molar refractivity (Wildman–Crippen MR) is 124 cm³/mol. The lowest BCUT2D eigenvalue weighted by atomic mass is 9.98. The molecule has 4 heteroatoms. The van der Waals surface area contributed by atoms with Crippen molar-refractivity contribution < 1.29 is 4.74 Å². The zero-order valence-corrected chi connectivity index (χ0v) is 17.3. The van der Waals surface area contributed by atoms with Gasteiger partial charge in [-0.15, -0.1) is 0 Å². The topological polar surface area (TPSA) is 56.8 Å². The first-order valence-electron chi connectivity index (χ1n) is 9.69. The molecule has 0 aliphatic heterocycles. The first-order chi connectivity index (χ1) is 15.2. The van der Waals surface area contributed by atoms with E-state index < -0.39 is 0 Å². The number of hydrogen-bond acceptors (Lipinski definition) is 3. The Balaban J connectivity index is 1.79. The standard InChI is InChI=1S/C27H17ClN2O/c28-24-11-8-19(9-12-24)18-31-27-13-10-21-5-1-2-7-25(21)26(27)15-23(17-30)22-6-3-4-20(14-22)16-29/h1-15H,18H2. The van der Waals surface area contributed by atoms with E-state index in [4.69, 9.17) is 16.3 Å². The fraction of sp³-hybridized carbons (Fsp3) is 0.0370. The van der Waals surface area contributed by atoms with Crippen LogP contribution < -0.4 is 4.74 Å². The molecule has 0 fully saturated rings. The molecular formula is C27H17ClN2O. The van der Waals surface area contributed by atoms with E-state index in [0.717, 1.165) is 21.9 Å². The van der Waals surface area contributed by atoms with E-state index in [0.29, 0.717) is 34.1 Å². The van der Waals surface area contributed by atoms with Crippen LogP contribution in [0.5, 0.6) is 5.75 Å². The Morgan fingerprint density at radius 1 is 0.903 bits per heavy atom. The Morgan fingerprint density at radius 3 is 2.48 bits per heavy atom. The molecule has 0 aromatic heterocycles. The van der Waals surface area contributed by atoms with E-state index in [9.17, 15) is 10.5 Å². The number of rotatable bonds is 5. The Morgan fingerprint density at radius 2 is 1.71 bits per heavy atom. The second kappa shape index (κ2) is 9.18. The molecule has 0 radical (unpaired) electrons. The molecule has 148 valence electrons. The maximum atomic E-state index is 9.85. The molecule has 4 rings (SSSR count). The smallest absolute Gasteiger partial charge is 0.127 e. The average molecular weight is 421 g/mol. The summed E-state index contributed by atoms with van der Waals surface area (Å²) in [6.45, 7) is 0.377. The van der Waals surface area contributed by atoms with Crippen molar-refractivity contribution in [2.75, 3.05) is 0 Å². The summed E-state index contributed by atoms with van der Waals surface area (Å²) < 4.78 is 6.15. The number of allylic oxidation sites excluding steroid dienone is 1. The van der Waals surface area contributed by atoms with Crippen LogP contribution in [0.3, 0.4) is 0 Å². The third-order valence-electron chi connectivity index (χ3n) is 4.95. The van der Waals surface area contributed by atoms with Crippen LogP contribution in [-0.2, 0) is 6.61 Å². The maximum Gasteiger partial charge on any atom is 0.127 e. The van der Waals surface area contributed by atoms with Gasteiger partial charge in [-0.3, -0.25) is 0 Å². The summed E-state index contributed by atoms with van der Waals surface area (Å²) in [5, 5.41) is 21.8. The van der Waals surface area contributed by atoms with E-state index in [1.165, 1.54) is 0 Å². The molecule has 0 aliphatic carbocycles. The molecule has 0 saturated carbocycles. The lowest BCUT2D eigenvalue weighted by Crippen LogP contribution is -1.98. The lowest BCUT2D eigenvalue weighted by Gasteiger charge is -2.13. The van der Waals surface area contributed by atoms with Crippen LogP contribution in [0.4, 0.5) is 0 Å². The highest BCUT2D eigenvalue weighted by molar-refractivity contribution is 6.30. The molecule has 0 N–H and O–H groups in total. The number of ether oxygens (including phenoxy) is 1. The number of halogens is 1. The average Bonchev–Trinajstić information content (AvgIpc) is 2.82. The van der Waals surface area contributed by atoms with Crippen LogP contribution in [0.15, 0.2) is 84.9 Å². The van der Waals surface area contributed by atoms with Gasteiger partial charge in [-0.1, -0.05) is 66.2 Å². The van der Waals surface area contributed by atoms with Crippen LogP contribution in [0.25, 0.3) is 22.4 Å². The molecule has 0 saturated heterocycles. The number of hydrogen-bond donors (Lipinski definition) is 0. The molecule has 31 heavy (non-hydrogen) atoms. The third-order valence-corrected chi connectivity index (χ3v) is 5.20. The van der Waals surface area contributed by atoms with Crippen molar-refractivity contribution >= 4 is 34.0 Å². The quantitative estimate of drug-likeness (QED) is 0.258. The molecule has 0 unspecified atom stereocenters. The van der Waals surface area contributed by atoms with E-state index in [-0.39, 0.29) is 0 Å². The highest BCUT2D eigenvalue weighted by Gasteiger charge is 2.11. The van der Waals surface area contributed by atoms with E-state index in [1.54, 1.807) is 18.2 Å². The molecule has 3 nitrogen and oxygen atoms in total. The second-order valence-corrected chi connectivity index (χ2v) is 7.41. The number of benzene rings is 4. The van der Waals surface area contributed by atoms with Crippen LogP contribution in [0.2, 0.25) is 5.02 Å². The Hall–Kier alpha value is -4.05. The summed E-state index contributed by atoms with van der Waals surface area (Å²) in [4.78, 5) is 0.